The van der Waals surface area contributed by atoms with Crippen molar-refractivity contribution in [3.63, 3.8) is 0 Å². The Bertz CT molecular complexity index is 573. The number of hydrogen-bond donors (Lipinski definition) is 1. The lowest BCUT2D eigenvalue weighted by atomic mass is 10.1. The molecule has 0 fully saturated rings. The summed E-state index contributed by atoms with van der Waals surface area (Å²) in [7, 11) is 0. The second-order valence-electron chi connectivity index (χ2n) is 4.32. The Morgan fingerprint density at radius 3 is 2.63 bits per heavy atom. The number of halogens is 1. The fraction of sp³-hybridized carbons (Fsp3) is 0.188. The largest absolute Gasteiger partial charge is 0.384 e. The highest BCUT2D eigenvalue weighted by Crippen LogP contribution is 2.20. The highest BCUT2D eigenvalue weighted by Gasteiger charge is 2.01. The number of aryl methyl sites for hydroxylation is 1. The van der Waals surface area contributed by atoms with Crippen molar-refractivity contribution in [3.05, 3.63) is 64.1 Å². The Morgan fingerprint density at radius 2 is 1.89 bits per heavy atom. The SMILES string of the molecule is N#Cc1ccc(Br)cc1NCCCc1ccccc1. The molecule has 0 aliphatic heterocycles. The summed E-state index contributed by atoms with van der Waals surface area (Å²) in [6, 6.07) is 18.3. The highest BCUT2D eigenvalue weighted by molar-refractivity contribution is 9.10. The Morgan fingerprint density at radius 1 is 1.11 bits per heavy atom. The summed E-state index contributed by atoms with van der Waals surface area (Å²) < 4.78 is 0.983. The lowest BCUT2D eigenvalue weighted by Gasteiger charge is -2.08. The Kier molecular flexibility index (Phi) is 5.00. The van der Waals surface area contributed by atoms with Crippen LogP contribution < -0.4 is 5.32 Å². The molecule has 0 saturated carbocycles. The number of nitrogens with zero attached hydrogens (tertiary/aromatic N) is 1. The maximum Gasteiger partial charge on any atom is 0.101 e. The lowest BCUT2D eigenvalue weighted by molar-refractivity contribution is 0.863. The standard InChI is InChI=1S/C16H15BrN2/c17-15-9-8-14(12-18)16(11-15)19-10-4-7-13-5-2-1-3-6-13/h1-3,5-6,8-9,11,19H,4,7,10H2. The van der Waals surface area contributed by atoms with Gasteiger partial charge in [-0.2, -0.15) is 5.26 Å². The van der Waals surface area contributed by atoms with Gasteiger partial charge in [-0.05, 0) is 36.6 Å². The monoisotopic (exact) mass is 314 g/mol. The van der Waals surface area contributed by atoms with Crippen LogP contribution in [-0.2, 0) is 6.42 Å². The smallest absolute Gasteiger partial charge is 0.101 e. The molecule has 0 unspecified atom stereocenters. The van der Waals surface area contributed by atoms with Crippen LogP contribution in [0.2, 0.25) is 0 Å². The zero-order valence-electron chi connectivity index (χ0n) is 10.6. The zero-order valence-corrected chi connectivity index (χ0v) is 12.2. The molecule has 0 saturated heterocycles. The first-order chi connectivity index (χ1) is 9.29. The van der Waals surface area contributed by atoms with Crippen LogP contribution in [0.3, 0.4) is 0 Å². The maximum absolute atomic E-state index is 9.04. The number of hydrogen-bond acceptors (Lipinski definition) is 2. The number of rotatable bonds is 5. The van der Waals surface area contributed by atoms with Crippen LogP contribution in [0.4, 0.5) is 5.69 Å². The molecule has 2 rings (SSSR count). The van der Waals surface area contributed by atoms with Crippen molar-refractivity contribution in [2.24, 2.45) is 0 Å². The summed E-state index contributed by atoms with van der Waals surface area (Å²) in [4.78, 5) is 0. The normalized spacial score (nSPS) is 9.89. The Labute approximate surface area is 122 Å². The number of benzene rings is 2. The van der Waals surface area contributed by atoms with Crippen molar-refractivity contribution >= 4 is 21.6 Å². The molecule has 3 heteroatoms. The van der Waals surface area contributed by atoms with Crippen LogP contribution in [0, 0.1) is 11.3 Å². The molecule has 0 radical (unpaired) electrons. The third kappa shape index (κ3) is 4.11. The lowest BCUT2D eigenvalue weighted by Crippen LogP contribution is -2.04. The summed E-state index contributed by atoms with van der Waals surface area (Å²) in [5, 5.41) is 12.4. The van der Waals surface area contributed by atoms with Crippen LogP contribution in [0.1, 0.15) is 17.5 Å². The van der Waals surface area contributed by atoms with Gasteiger partial charge < -0.3 is 5.32 Å². The molecule has 0 spiro atoms. The summed E-state index contributed by atoms with van der Waals surface area (Å²) in [6.45, 7) is 0.861. The molecular formula is C16H15BrN2. The van der Waals surface area contributed by atoms with Crippen LogP contribution >= 0.6 is 15.9 Å². The summed E-state index contributed by atoms with van der Waals surface area (Å²) >= 11 is 3.42. The number of anilines is 1. The quantitative estimate of drug-likeness (QED) is 0.832. The fourth-order valence-corrected chi connectivity index (χ4v) is 2.28. The Hall–Kier alpha value is -1.79. The molecule has 0 aliphatic rings. The van der Waals surface area contributed by atoms with Gasteiger partial charge in [-0.3, -0.25) is 0 Å². The molecule has 2 nitrogen and oxygen atoms in total. The molecule has 0 atom stereocenters. The van der Waals surface area contributed by atoms with Gasteiger partial charge in [0, 0.05) is 11.0 Å². The van der Waals surface area contributed by atoms with E-state index in [9.17, 15) is 0 Å². The molecule has 2 aromatic carbocycles. The molecule has 96 valence electrons. The molecule has 0 heterocycles. The van der Waals surface area contributed by atoms with E-state index >= 15 is 0 Å². The third-order valence-corrected chi connectivity index (χ3v) is 3.40. The minimum Gasteiger partial charge on any atom is -0.384 e. The van der Waals surface area contributed by atoms with Gasteiger partial charge in [0.25, 0.3) is 0 Å². The Balaban J connectivity index is 1.86. The predicted octanol–water partition coefficient (Wildman–Crippen LogP) is 4.37. The van der Waals surface area contributed by atoms with Crippen LogP contribution in [0.25, 0.3) is 0 Å². The van der Waals surface area contributed by atoms with Crippen LogP contribution in [0.15, 0.2) is 53.0 Å². The molecule has 0 bridgehead atoms. The molecule has 0 amide bonds. The first-order valence-electron chi connectivity index (χ1n) is 6.27. The summed E-state index contributed by atoms with van der Waals surface area (Å²) in [6.07, 6.45) is 2.09. The maximum atomic E-state index is 9.04. The van der Waals surface area contributed by atoms with E-state index in [1.54, 1.807) is 0 Å². The van der Waals surface area contributed by atoms with Gasteiger partial charge in [-0.1, -0.05) is 46.3 Å². The number of nitriles is 1. The van der Waals surface area contributed by atoms with Crippen LogP contribution in [-0.4, -0.2) is 6.54 Å². The molecule has 2 aromatic rings. The van der Waals surface area contributed by atoms with Gasteiger partial charge in [0.1, 0.15) is 6.07 Å². The van der Waals surface area contributed by atoms with Gasteiger partial charge in [0.05, 0.1) is 11.3 Å². The van der Waals surface area contributed by atoms with Gasteiger partial charge in [-0.25, -0.2) is 0 Å². The average molecular weight is 315 g/mol. The van der Waals surface area contributed by atoms with E-state index < -0.39 is 0 Å². The minimum atomic E-state index is 0.683. The highest BCUT2D eigenvalue weighted by atomic mass is 79.9. The first-order valence-corrected chi connectivity index (χ1v) is 7.06. The molecule has 0 aliphatic carbocycles. The topological polar surface area (TPSA) is 35.8 Å². The van der Waals surface area contributed by atoms with Crippen molar-refractivity contribution in [1.29, 1.82) is 5.26 Å². The van der Waals surface area contributed by atoms with Crippen molar-refractivity contribution < 1.29 is 0 Å². The van der Waals surface area contributed by atoms with Crippen molar-refractivity contribution in [1.82, 2.24) is 0 Å². The van der Waals surface area contributed by atoms with Gasteiger partial charge in [0.2, 0.25) is 0 Å². The van der Waals surface area contributed by atoms with E-state index in [0.717, 1.165) is 29.5 Å². The number of nitrogens with one attached hydrogen (secondary N) is 1. The van der Waals surface area contributed by atoms with E-state index in [4.69, 9.17) is 5.26 Å². The summed E-state index contributed by atoms with van der Waals surface area (Å²) in [5.41, 5.74) is 2.92. The van der Waals surface area contributed by atoms with E-state index in [0.29, 0.717) is 5.56 Å². The van der Waals surface area contributed by atoms with Gasteiger partial charge in [-0.15, -0.1) is 0 Å². The summed E-state index contributed by atoms with van der Waals surface area (Å²) in [5.74, 6) is 0. The van der Waals surface area contributed by atoms with E-state index in [1.165, 1.54) is 5.56 Å². The van der Waals surface area contributed by atoms with Gasteiger partial charge in [0.15, 0.2) is 0 Å². The van der Waals surface area contributed by atoms with Crippen molar-refractivity contribution in [2.45, 2.75) is 12.8 Å². The van der Waals surface area contributed by atoms with E-state index in [1.807, 2.05) is 24.3 Å². The van der Waals surface area contributed by atoms with Crippen LogP contribution in [0.5, 0.6) is 0 Å². The van der Waals surface area contributed by atoms with Crippen molar-refractivity contribution in [3.8, 4) is 6.07 Å². The fourth-order valence-electron chi connectivity index (χ4n) is 1.92. The molecule has 1 N–H and O–H groups in total. The van der Waals surface area contributed by atoms with E-state index in [-0.39, 0.29) is 0 Å². The second-order valence-corrected chi connectivity index (χ2v) is 5.23. The third-order valence-electron chi connectivity index (χ3n) is 2.90. The average Bonchev–Trinajstić information content (AvgIpc) is 2.45. The first kappa shape index (κ1) is 13.6. The molecule has 19 heavy (non-hydrogen) atoms. The molecular weight excluding hydrogens is 300 g/mol. The second kappa shape index (κ2) is 6.96. The van der Waals surface area contributed by atoms with Gasteiger partial charge >= 0.3 is 0 Å². The predicted molar refractivity (Wildman–Crippen MR) is 82.1 cm³/mol. The van der Waals surface area contributed by atoms with E-state index in [2.05, 4.69) is 51.6 Å². The molecule has 0 aromatic heterocycles. The van der Waals surface area contributed by atoms with Crippen molar-refractivity contribution in [2.75, 3.05) is 11.9 Å². The zero-order chi connectivity index (χ0) is 13.5. The minimum absolute atomic E-state index is 0.683.